The Balaban J connectivity index is 0.00000300. The number of aryl methyl sites for hydroxylation is 2. The van der Waals surface area contributed by atoms with Crippen LogP contribution in [0.4, 0.5) is 5.69 Å². The Morgan fingerprint density at radius 1 is 0.814 bits per heavy atom. The van der Waals surface area contributed by atoms with Crippen molar-refractivity contribution in [1.29, 1.82) is 0 Å². The smallest absolute Gasteiger partial charge is 0.339 e. The molecule has 0 atom stereocenters. The van der Waals surface area contributed by atoms with Gasteiger partial charge < -0.3 is 14.8 Å². The Bertz CT molecular complexity index is 2030. The van der Waals surface area contributed by atoms with E-state index >= 15 is 0 Å². The molecule has 0 aliphatic carbocycles. The van der Waals surface area contributed by atoms with Crippen LogP contribution in [0.15, 0.2) is 96.0 Å². The quantitative estimate of drug-likeness (QED) is 0.228. The van der Waals surface area contributed by atoms with Crippen LogP contribution >= 0.6 is 12.4 Å². The normalized spacial score (nSPS) is 14.5. The molecule has 8 rings (SSSR count). The van der Waals surface area contributed by atoms with Crippen molar-refractivity contribution < 1.29 is 14.3 Å². The van der Waals surface area contributed by atoms with Gasteiger partial charge in [-0.05, 0) is 83.0 Å². The van der Waals surface area contributed by atoms with Crippen LogP contribution in [0.1, 0.15) is 51.0 Å². The number of carbonyl (C=O) groups is 1. The summed E-state index contributed by atoms with van der Waals surface area (Å²) in [6, 6.07) is 30.8. The van der Waals surface area contributed by atoms with Crippen molar-refractivity contribution in [2.24, 2.45) is 4.99 Å². The van der Waals surface area contributed by atoms with Crippen LogP contribution in [0.5, 0.6) is 11.5 Å². The second-order valence-electron chi connectivity index (χ2n) is 11.3. The van der Waals surface area contributed by atoms with Gasteiger partial charge in [0.05, 0.1) is 10.9 Å². The fourth-order valence-electron chi connectivity index (χ4n) is 6.48. The highest BCUT2D eigenvalue weighted by Crippen LogP contribution is 2.41. The Labute approximate surface area is 256 Å². The molecule has 0 amide bonds. The molecule has 5 aromatic carbocycles. The van der Waals surface area contributed by atoms with Crippen LogP contribution in [0, 0.1) is 0 Å². The van der Waals surface area contributed by atoms with Crippen LogP contribution in [0.3, 0.4) is 0 Å². The second-order valence-corrected chi connectivity index (χ2v) is 11.3. The van der Waals surface area contributed by atoms with Gasteiger partial charge in [-0.1, -0.05) is 54.6 Å². The van der Waals surface area contributed by atoms with Crippen molar-refractivity contribution in [2.75, 3.05) is 18.4 Å². The standard InChI is InChI=1S/C37H30N2O3.ClH/c40-37(41-22-23-13-14-24-7-1-2-8-25(24)17-23)29-12-4-3-11-28(29)36-30-18-26-9-5-15-38-32(26)20-34(30)42-35-21-33-27(19-31(35)36)10-6-16-39-33;/h1-4,7-8,11-14,17-21,38H,5-6,9-10,15-16,22H2;1H. The summed E-state index contributed by atoms with van der Waals surface area (Å²) < 4.78 is 12.5. The first-order valence-corrected chi connectivity index (χ1v) is 14.8. The minimum Gasteiger partial charge on any atom is -0.457 e. The number of nitrogens with one attached hydrogen (secondary N) is 1. The predicted octanol–water partition coefficient (Wildman–Crippen LogP) is 6.90. The molecule has 6 heteroatoms. The average molecular weight is 587 g/mol. The van der Waals surface area contributed by atoms with Crippen molar-refractivity contribution in [1.82, 2.24) is 0 Å². The Morgan fingerprint density at radius 3 is 2.58 bits per heavy atom. The Morgan fingerprint density at radius 2 is 1.65 bits per heavy atom. The third-order valence-electron chi connectivity index (χ3n) is 8.57. The number of hydrogen-bond donors (Lipinski definition) is 1. The van der Waals surface area contributed by atoms with Gasteiger partial charge in [0.1, 0.15) is 18.1 Å². The second kappa shape index (κ2) is 11.2. The van der Waals surface area contributed by atoms with Gasteiger partial charge in [0.25, 0.3) is 0 Å². The first-order valence-electron chi connectivity index (χ1n) is 14.8. The van der Waals surface area contributed by atoms with E-state index in [1.807, 2.05) is 42.5 Å². The number of hydrogen-bond acceptors (Lipinski definition) is 5. The molecule has 3 aliphatic heterocycles. The van der Waals surface area contributed by atoms with Crippen molar-refractivity contribution in [3.8, 4) is 11.5 Å². The van der Waals surface area contributed by atoms with E-state index in [-0.39, 0.29) is 25.0 Å². The molecule has 214 valence electrons. The molecule has 43 heavy (non-hydrogen) atoms. The van der Waals surface area contributed by atoms with Gasteiger partial charge in [-0.2, -0.15) is 0 Å². The molecule has 0 bridgehead atoms. The zero-order valence-electron chi connectivity index (χ0n) is 23.7. The average Bonchev–Trinajstić information content (AvgIpc) is 3.04. The number of halogens is 1. The number of carbonyl (C=O) groups excluding carboxylic acids is 1. The summed E-state index contributed by atoms with van der Waals surface area (Å²) in [5, 5.41) is 7.83. The summed E-state index contributed by atoms with van der Waals surface area (Å²) in [4.78, 5) is 18.5. The van der Waals surface area contributed by atoms with E-state index < -0.39 is 0 Å². The highest BCUT2D eigenvalue weighted by atomic mass is 35.5. The number of rotatable bonds is 4. The number of anilines is 1. The number of ether oxygens (including phenoxy) is 2. The largest absolute Gasteiger partial charge is 0.457 e. The number of fused-ring (bicyclic) bond motifs is 5. The first-order chi connectivity index (χ1) is 20.7. The van der Waals surface area contributed by atoms with Crippen LogP contribution in [0.2, 0.25) is 0 Å². The molecule has 0 saturated carbocycles. The summed E-state index contributed by atoms with van der Waals surface area (Å²) in [7, 11) is 0. The highest BCUT2D eigenvalue weighted by molar-refractivity contribution is 5.99. The summed E-state index contributed by atoms with van der Waals surface area (Å²) in [6.45, 7) is 2.00. The van der Waals surface area contributed by atoms with Gasteiger partial charge in [0, 0.05) is 47.3 Å². The molecular weight excluding hydrogens is 556 g/mol. The molecule has 0 spiro atoms. The fraction of sp³-hybridized carbons (Fsp3) is 0.189. The van der Waals surface area contributed by atoms with E-state index in [4.69, 9.17) is 14.5 Å². The molecule has 1 N–H and O–H groups in total. The van der Waals surface area contributed by atoms with E-state index in [9.17, 15) is 4.79 Å². The molecule has 0 saturated heterocycles. The molecule has 0 aromatic heterocycles. The zero-order chi connectivity index (χ0) is 28.0. The van der Waals surface area contributed by atoms with E-state index in [2.05, 4.69) is 53.8 Å². The molecule has 0 unspecified atom stereocenters. The minimum absolute atomic E-state index is 0. The lowest BCUT2D eigenvalue weighted by atomic mass is 9.87. The molecule has 5 nitrogen and oxygen atoms in total. The Hall–Kier alpha value is -4.61. The van der Waals surface area contributed by atoms with Gasteiger partial charge in [-0.25, -0.2) is 4.79 Å². The van der Waals surface area contributed by atoms with E-state index in [1.165, 1.54) is 16.5 Å². The molecule has 0 radical (unpaired) electrons. The van der Waals surface area contributed by atoms with Crippen molar-refractivity contribution in [2.45, 2.75) is 32.3 Å². The minimum atomic E-state index is -0.339. The molecule has 3 aliphatic rings. The van der Waals surface area contributed by atoms with E-state index in [0.29, 0.717) is 5.56 Å². The Kier molecular flexibility index (Phi) is 7.12. The van der Waals surface area contributed by atoms with E-state index in [0.717, 1.165) is 94.2 Å². The third kappa shape index (κ3) is 4.94. The monoisotopic (exact) mass is 586 g/mol. The van der Waals surface area contributed by atoms with Gasteiger partial charge in [0.15, 0.2) is 0 Å². The van der Waals surface area contributed by atoms with Crippen LogP contribution in [0.25, 0.3) is 16.3 Å². The van der Waals surface area contributed by atoms with Crippen LogP contribution in [-0.2, 0) is 24.2 Å². The number of nitrogens with zero attached hydrogens (tertiary/aromatic N) is 1. The van der Waals surface area contributed by atoms with Crippen molar-refractivity contribution in [3.63, 3.8) is 0 Å². The third-order valence-corrected chi connectivity index (χ3v) is 8.57. The lowest BCUT2D eigenvalue weighted by molar-refractivity contribution is 0.0472. The molecule has 3 heterocycles. The summed E-state index contributed by atoms with van der Waals surface area (Å²) in [5.74, 6) is 1.23. The van der Waals surface area contributed by atoms with Gasteiger partial charge in [-0.15, -0.1) is 12.4 Å². The van der Waals surface area contributed by atoms with Crippen LogP contribution in [-0.4, -0.2) is 19.1 Å². The van der Waals surface area contributed by atoms with Gasteiger partial charge in [0.2, 0.25) is 0 Å². The van der Waals surface area contributed by atoms with Gasteiger partial charge in [-0.3, -0.25) is 4.99 Å². The molecular formula is C37H31ClN2O3. The van der Waals surface area contributed by atoms with Gasteiger partial charge >= 0.3 is 5.97 Å². The number of esters is 1. The maximum absolute atomic E-state index is 13.7. The highest BCUT2D eigenvalue weighted by Gasteiger charge is 2.27. The van der Waals surface area contributed by atoms with Crippen molar-refractivity contribution >= 4 is 40.4 Å². The SMILES string of the molecule is Cl.O=C(OCc1ccc2ccccc2c1)c1ccccc1C1=c2cc3c(cc2Oc2cc4c(cc21)CCCN4)=NCCC3. The number of benzene rings is 5. The zero-order valence-corrected chi connectivity index (χ0v) is 24.5. The summed E-state index contributed by atoms with van der Waals surface area (Å²) in [5.41, 5.74) is 7.98. The summed E-state index contributed by atoms with van der Waals surface area (Å²) >= 11 is 0. The van der Waals surface area contributed by atoms with Crippen LogP contribution < -0.4 is 20.6 Å². The first kappa shape index (κ1) is 27.2. The summed E-state index contributed by atoms with van der Waals surface area (Å²) in [6.07, 6.45) is 4.12. The lowest BCUT2D eigenvalue weighted by Crippen LogP contribution is -2.26. The predicted molar refractivity (Wildman–Crippen MR) is 172 cm³/mol. The fourth-order valence-corrected chi connectivity index (χ4v) is 6.48. The maximum Gasteiger partial charge on any atom is 0.339 e. The van der Waals surface area contributed by atoms with E-state index in [1.54, 1.807) is 0 Å². The lowest BCUT2D eigenvalue weighted by Gasteiger charge is -2.27. The maximum atomic E-state index is 13.7. The molecule has 0 fully saturated rings. The molecule has 5 aromatic rings. The van der Waals surface area contributed by atoms with Crippen molar-refractivity contribution in [3.05, 3.63) is 135 Å². The topological polar surface area (TPSA) is 59.9 Å².